The highest BCUT2D eigenvalue weighted by Gasteiger charge is 2.15. The molecule has 0 fully saturated rings. The van der Waals surface area contributed by atoms with Crippen molar-refractivity contribution in [2.45, 2.75) is 20.4 Å². The van der Waals surface area contributed by atoms with E-state index in [0.717, 1.165) is 4.96 Å². The van der Waals surface area contributed by atoms with Gasteiger partial charge in [-0.3, -0.25) is 4.40 Å². The molecule has 0 bridgehead atoms. The summed E-state index contributed by atoms with van der Waals surface area (Å²) in [5.74, 6) is 0. The standard InChI is InChI=1S/C14H15N3S/c1-9-3-4-10(2)11(7-9)13-12(8-15)18-14-16-5-6-17(13)14/h3-7H,8,15H2,1-2H3. The molecule has 4 heteroatoms. The summed E-state index contributed by atoms with van der Waals surface area (Å²) in [5.41, 5.74) is 10.8. The molecular formula is C14H15N3S. The van der Waals surface area contributed by atoms with Crippen LogP contribution in [0.4, 0.5) is 0 Å². The predicted molar refractivity (Wildman–Crippen MR) is 75.9 cm³/mol. The van der Waals surface area contributed by atoms with Crippen LogP contribution in [0.1, 0.15) is 16.0 Å². The van der Waals surface area contributed by atoms with E-state index in [1.54, 1.807) is 11.3 Å². The Labute approximate surface area is 110 Å². The summed E-state index contributed by atoms with van der Waals surface area (Å²) in [4.78, 5) is 6.54. The van der Waals surface area contributed by atoms with Crippen LogP contribution in [0.15, 0.2) is 30.6 Å². The molecule has 0 aliphatic carbocycles. The van der Waals surface area contributed by atoms with Crippen LogP contribution in [-0.2, 0) is 6.54 Å². The average molecular weight is 257 g/mol. The van der Waals surface area contributed by atoms with E-state index in [4.69, 9.17) is 5.73 Å². The molecule has 0 amide bonds. The summed E-state index contributed by atoms with van der Waals surface area (Å²) in [6, 6.07) is 6.51. The SMILES string of the molecule is Cc1ccc(C)c(-c2c(CN)sc3nccn23)c1. The zero-order valence-electron chi connectivity index (χ0n) is 10.5. The topological polar surface area (TPSA) is 43.3 Å². The highest BCUT2D eigenvalue weighted by molar-refractivity contribution is 7.17. The molecule has 2 N–H and O–H groups in total. The van der Waals surface area contributed by atoms with E-state index in [1.165, 1.54) is 27.3 Å². The molecule has 2 aromatic heterocycles. The first-order valence-electron chi connectivity index (χ1n) is 5.93. The highest BCUT2D eigenvalue weighted by atomic mass is 32.1. The average Bonchev–Trinajstić information content (AvgIpc) is 2.92. The first kappa shape index (κ1) is 11.4. The Balaban J connectivity index is 2.35. The van der Waals surface area contributed by atoms with Crippen LogP contribution in [0.25, 0.3) is 16.2 Å². The monoisotopic (exact) mass is 257 g/mol. The van der Waals surface area contributed by atoms with E-state index in [1.807, 2.05) is 12.4 Å². The second-order valence-corrected chi connectivity index (χ2v) is 5.54. The van der Waals surface area contributed by atoms with Crippen LogP contribution in [-0.4, -0.2) is 9.38 Å². The molecule has 0 saturated heterocycles. The lowest BCUT2D eigenvalue weighted by atomic mass is 10.0. The van der Waals surface area contributed by atoms with Crippen LogP contribution in [0.3, 0.4) is 0 Å². The van der Waals surface area contributed by atoms with Gasteiger partial charge in [0.15, 0.2) is 4.96 Å². The van der Waals surface area contributed by atoms with Crippen molar-refractivity contribution < 1.29 is 0 Å². The quantitative estimate of drug-likeness (QED) is 0.766. The molecule has 3 aromatic rings. The molecule has 1 aromatic carbocycles. The van der Waals surface area contributed by atoms with Crippen molar-refractivity contribution in [1.82, 2.24) is 9.38 Å². The van der Waals surface area contributed by atoms with E-state index >= 15 is 0 Å². The van der Waals surface area contributed by atoms with Gasteiger partial charge in [0.25, 0.3) is 0 Å². The second-order valence-electron chi connectivity index (χ2n) is 4.48. The summed E-state index contributed by atoms with van der Waals surface area (Å²) in [7, 11) is 0. The largest absolute Gasteiger partial charge is 0.326 e. The molecular weight excluding hydrogens is 242 g/mol. The molecule has 0 spiro atoms. The second kappa shape index (κ2) is 4.23. The molecule has 3 nitrogen and oxygen atoms in total. The van der Waals surface area contributed by atoms with Gasteiger partial charge in [0, 0.05) is 29.4 Å². The van der Waals surface area contributed by atoms with Gasteiger partial charge in [-0.2, -0.15) is 0 Å². The third-order valence-electron chi connectivity index (χ3n) is 3.16. The van der Waals surface area contributed by atoms with Gasteiger partial charge in [0.2, 0.25) is 0 Å². The Kier molecular flexibility index (Phi) is 2.69. The minimum absolute atomic E-state index is 0.552. The molecule has 2 heterocycles. The number of fused-ring (bicyclic) bond motifs is 1. The number of hydrogen-bond acceptors (Lipinski definition) is 3. The van der Waals surface area contributed by atoms with Crippen molar-refractivity contribution in [2.24, 2.45) is 5.73 Å². The summed E-state index contributed by atoms with van der Waals surface area (Å²) in [6.45, 7) is 4.80. The zero-order chi connectivity index (χ0) is 12.7. The number of thiazole rings is 1. The fraction of sp³-hybridized carbons (Fsp3) is 0.214. The van der Waals surface area contributed by atoms with Gasteiger partial charge >= 0.3 is 0 Å². The van der Waals surface area contributed by atoms with Crippen molar-refractivity contribution >= 4 is 16.3 Å². The van der Waals surface area contributed by atoms with Gasteiger partial charge in [0.05, 0.1) is 5.69 Å². The number of benzene rings is 1. The third kappa shape index (κ3) is 1.65. The molecule has 3 rings (SSSR count). The van der Waals surface area contributed by atoms with Gasteiger partial charge in [0.1, 0.15) is 0 Å². The number of hydrogen-bond donors (Lipinski definition) is 1. The fourth-order valence-corrected chi connectivity index (χ4v) is 3.21. The lowest BCUT2D eigenvalue weighted by Crippen LogP contribution is -1.98. The summed E-state index contributed by atoms with van der Waals surface area (Å²) < 4.78 is 2.13. The maximum atomic E-state index is 5.87. The van der Waals surface area contributed by atoms with Crippen LogP contribution < -0.4 is 5.73 Å². The lowest BCUT2D eigenvalue weighted by molar-refractivity contribution is 1.08. The minimum Gasteiger partial charge on any atom is -0.326 e. The Hall–Kier alpha value is -1.65. The van der Waals surface area contributed by atoms with Gasteiger partial charge in [-0.1, -0.05) is 29.0 Å². The maximum absolute atomic E-state index is 5.87. The van der Waals surface area contributed by atoms with Gasteiger partial charge in [-0.25, -0.2) is 4.98 Å². The number of aryl methyl sites for hydroxylation is 2. The number of rotatable bonds is 2. The molecule has 0 unspecified atom stereocenters. The summed E-state index contributed by atoms with van der Waals surface area (Å²) in [5, 5.41) is 0. The number of aromatic nitrogens is 2. The number of nitrogens with two attached hydrogens (primary N) is 1. The molecule has 0 radical (unpaired) electrons. The van der Waals surface area contributed by atoms with Crippen LogP contribution in [0.2, 0.25) is 0 Å². The molecule has 0 aliphatic heterocycles. The van der Waals surface area contributed by atoms with Gasteiger partial charge in [-0.15, -0.1) is 0 Å². The van der Waals surface area contributed by atoms with Crippen molar-refractivity contribution in [3.63, 3.8) is 0 Å². The van der Waals surface area contributed by atoms with Crippen LogP contribution in [0.5, 0.6) is 0 Å². The van der Waals surface area contributed by atoms with Crippen LogP contribution >= 0.6 is 11.3 Å². The van der Waals surface area contributed by atoms with Crippen molar-refractivity contribution in [2.75, 3.05) is 0 Å². The first-order valence-corrected chi connectivity index (χ1v) is 6.75. The van der Waals surface area contributed by atoms with Gasteiger partial charge < -0.3 is 5.73 Å². The number of nitrogens with zero attached hydrogens (tertiary/aromatic N) is 2. The van der Waals surface area contributed by atoms with E-state index < -0.39 is 0 Å². The molecule has 0 atom stereocenters. The molecule has 0 saturated carbocycles. The van der Waals surface area contributed by atoms with Gasteiger partial charge in [-0.05, 0) is 25.5 Å². The van der Waals surface area contributed by atoms with Crippen molar-refractivity contribution in [3.8, 4) is 11.3 Å². The van der Waals surface area contributed by atoms with Crippen LogP contribution in [0, 0.1) is 13.8 Å². The fourth-order valence-electron chi connectivity index (χ4n) is 2.24. The summed E-state index contributed by atoms with van der Waals surface area (Å²) in [6.07, 6.45) is 3.84. The van der Waals surface area contributed by atoms with E-state index in [-0.39, 0.29) is 0 Å². The summed E-state index contributed by atoms with van der Waals surface area (Å²) >= 11 is 1.67. The molecule has 18 heavy (non-hydrogen) atoms. The van der Waals surface area contributed by atoms with E-state index in [0.29, 0.717) is 6.54 Å². The smallest absolute Gasteiger partial charge is 0.194 e. The first-order chi connectivity index (χ1) is 8.70. The third-order valence-corrected chi connectivity index (χ3v) is 4.25. The Morgan fingerprint density at radius 3 is 2.94 bits per heavy atom. The Bertz CT molecular complexity index is 709. The van der Waals surface area contributed by atoms with E-state index in [9.17, 15) is 0 Å². The molecule has 0 aliphatic rings. The highest BCUT2D eigenvalue weighted by Crippen LogP contribution is 2.33. The van der Waals surface area contributed by atoms with Crippen molar-refractivity contribution in [3.05, 3.63) is 46.6 Å². The predicted octanol–water partition coefficient (Wildman–Crippen LogP) is 3.14. The minimum atomic E-state index is 0.552. The Morgan fingerprint density at radius 2 is 2.17 bits per heavy atom. The number of imidazole rings is 1. The lowest BCUT2D eigenvalue weighted by Gasteiger charge is -2.08. The van der Waals surface area contributed by atoms with E-state index in [2.05, 4.69) is 41.4 Å². The van der Waals surface area contributed by atoms with Crippen molar-refractivity contribution in [1.29, 1.82) is 0 Å². The Morgan fingerprint density at radius 1 is 1.33 bits per heavy atom. The molecule has 92 valence electrons. The normalized spacial score (nSPS) is 11.3. The maximum Gasteiger partial charge on any atom is 0.194 e. The zero-order valence-corrected chi connectivity index (χ0v) is 11.3.